The smallest absolute Gasteiger partial charge is 0.282 e. The van der Waals surface area contributed by atoms with Crippen molar-refractivity contribution >= 4 is 10.9 Å². The van der Waals surface area contributed by atoms with Gasteiger partial charge in [-0.1, -0.05) is 36.4 Å². The Kier molecular flexibility index (Phi) is 4.58. The molecule has 0 saturated heterocycles. The summed E-state index contributed by atoms with van der Waals surface area (Å²) in [5.74, 6) is -0.919. The lowest BCUT2D eigenvalue weighted by Crippen LogP contribution is -2.16. The third-order valence-corrected chi connectivity index (χ3v) is 5.86. The molecule has 0 radical (unpaired) electrons. The quantitative estimate of drug-likeness (QED) is 0.385. The van der Waals surface area contributed by atoms with E-state index in [1.165, 1.54) is 18.2 Å². The van der Waals surface area contributed by atoms with Crippen molar-refractivity contribution < 1.29 is 8.78 Å². The molecule has 3 heterocycles. The first-order chi connectivity index (χ1) is 16.6. The normalized spacial score (nSPS) is 11.5. The van der Waals surface area contributed by atoms with Gasteiger partial charge in [-0.3, -0.25) is 4.79 Å². The first-order valence-corrected chi connectivity index (χ1v) is 10.6. The molecule has 0 unspecified atom stereocenters. The van der Waals surface area contributed by atoms with Gasteiger partial charge in [0.25, 0.3) is 5.56 Å². The largest absolute Gasteiger partial charge is 0.342 e. The van der Waals surface area contributed by atoms with E-state index in [1.54, 1.807) is 53.6 Å². The second-order valence-corrected chi connectivity index (χ2v) is 7.93. The van der Waals surface area contributed by atoms with Gasteiger partial charge in [0, 0.05) is 29.5 Å². The van der Waals surface area contributed by atoms with E-state index in [4.69, 9.17) is 0 Å². The molecular weight excluding hydrogens is 436 g/mol. The van der Waals surface area contributed by atoms with Crippen LogP contribution in [-0.2, 0) is 6.54 Å². The van der Waals surface area contributed by atoms with Crippen molar-refractivity contribution in [1.82, 2.24) is 24.1 Å². The van der Waals surface area contributed by atoms with Gasteiger partial charge in [0.05, 0.1) is 23.3 Å². The predicted molar refractivity (Wildman–Crippen MR) is 125 cm³/mol. The SMILES string of the molecule is O=c1c2cn(Cc3ccc(-n4cccn4)cc3F)c3ccccc3c-2nn1-c1ccccc1F. The maximum absolute atomic E-state index is 15.0. The second kappa shape index (κ2) is 7.77. The van der Waals surface area contributed by atoms with Crippen LogP contribution in [0.5, 0.6) is 0 Å². The summed E-state index contributed by atoms with van der Waals surface area (Å²) in [5.41, 5.74) is 2.30. The number of hydrogen-bond acceptors (Lipinski definition) is 3. The van der Waals surface area contributed by atoms with Crippen LogP contribution in [0, 0.1) is 11.6 Å². The Labute approximate surface area is 192 Å². The Morgan fingerprint density at radius 1 is 0.882 bits per heavy atom. The number of halogens is 2. The molecule has 34 heavy (non-hydrogen) atoms. The summed E-state index contributed by atoms with van der Waals surface area (Å²) in [4.78, 5) is 13.2. The zero-order chi connectivity index (χ0) is 23.2. The highest BCUT2D eigenvalue weighted by Gasteiger charge is 2.22. The highest BCUT2D eigenvalue weighted by Crippen LogP contribution is 2.29. The number of benzene rings is 3. The molecule has 0 saturated carbocycles. The van der Waals surface area contributed by atoms with Crippen molar-refractivity contribution in [3.8, 4) is 22.6 Å². The van der Waals surface area contributed by atoms with Gasteiger partial charge < -0.3 is 4.57 Å². The molecule has 0 N–H and O–H groups in total. The van der Waals surface area contributed by atoms with Crippen molar-refractivity contribution in [1.29, 1.82) is 0 Å². The van der Waals surface area contributed by atoms with Crippen molar-refractivity contribution in [2.24, 2.45) is 0 Å². The number of para-hydroxylation sites is 2. The number of pyridine rings is 1. The van der Waals surface area contributed by atoms with E-state index in [0.29, 0.717) is 22.5 Å². The summed E-state index contributed by atoms with van der Waals surface area (Å²) in [5, 5.41) is 9.30. The third-order valence-electron chi connectivity index (χ3n) is 5.86. The molecule has 0 bridgehead atoms. The number of hydrogen-bond donors (Lipinski definition) is 0. The molecule has 4 aromatic rings. The average Bonchev–Trinajstić information content (AvgIpc) is 3.50. The van der Waals surface area contributed by atoms with E-state index in [2.05, 4.69) is 10.2 Å². The van der Waals surface area contributed by atoms with E-state index in [1.807, 2.05) is 28.8 Å². The minimum atomic E-state index is -0.538. The number of aromatic nitrogens is 5. The van der Waals surface area contributed by atoms with Gasteiger partial charge in [-0.05, 0) is 36.4 Å². The maximum atomic E-state index is 15.0. The molecule has 8 heteroatoms. The molecule has 2 aliphatic rings. The fourth-order valence-electron chi connectivity index (χ4n) is 4.21. The zero-order valence-corrected chi connectivity index (χ0v) is 17.8. The van der Waals surface area contributed by atoms with Gasteiger partial charge in [-0.25, -0.2) is 13.5 Å². The Morgan fingerprint density at radius 3 is 2.50 bits per heavy atom. The monoisotopic (exact) mass is 453 g/mol. The van der Waals surface area contributed by atoms with E-state index < -0.39 is 11.4 Å². The van der Waals surface area contributed by atoms with Crippen LogP contribution in [0.3, 0.4) is 0 Å². The van der Waals surface area contributed by atoms with E-state index >= 15 is 4.39 Å². The Hall–Kier alpha value is -4.59. The Bertz CT molecular complexity index is 1680. The fraction of sp³-hybridized carbons (Fsp3) is 0.0385. The molecule has 0 amide bonds. The van der Waals surface area contributed by atoms with E-state index in [9.17, 15) is 9.18 Å². The van der Waals surface area contributed by atoms with E-state index in [0.717, 1.165) is 15.6 Å². The molecule has 0 aliphatic carbocycles. The lowest BCUT2D eigenvalue weighted by Gasteiger charge is -2.15. The van der Waals surface area contributed by atoms with Crippen LogP contribution >= 0.6 is 0 Å². The maximum Gasteiger partial charge on any atom is 0.282 e. The average molecular weight is 453 g/mol. The topological polar surface area (TPSA) is 57.6 Å². The highest BCUT2D eigenvalue weighted by atomic mass is 19.1. The molecule has 0 atom stereocenters. The lowest BCUT2D eigenvalue weighted by atomic mass is 10.1. The zero-order valence-electron chi connectivity index (χ0n) is 17.8. The van der Waals surface area contributed by atoms with Crippen LogP contribution < -0.4 is 5.56 Å². The van der Waals surface area contributed by atoms with Crippen LogP contribution in [0.4, 0.5) is 8.78 Å². The van der Waals surface area contributed by atoms with Crippen LogP contribution in [0.1, 0.15) is 5.56 Å². The Balaban J connectivity index is 1.50. The van der Waals surface area contributed by atoms with Gasteiger partial charge in [0.1, 0.15) is 23.0 Å². The molecular formula is C26H17F2N5O. The number of rotatable bonds is 4. The summed E-state index contributed by atoms with van der Waals surface area (Å²) in [7, 11) is 0. The van der Waals surface area contributed by atoms with Crippen molar-refractivity contribution in [3.63, 3.8) is 0 Å². The summed E-state index contributed by atoms with van der Waals surface area (Å²) in [6, 6.07) is 20.2. The fourth-order valence-corrected chi connectivity index (χ4v) is 4.21. The minimum absolute atomic E-state index is 0.0829. The molecule has 6 nitrogen and oxygen atoms in total. The van der Waals surface area contributed by atoms with Gasteiger partial charge in [-0.15, -0.1) is 0 Å². The molecule has 2 aliphatic heterocycles. The molecule has 0 fully saturated rings. The molecule has 3 aromatic carbocycles. The third kappa shape index (κ3) is 3.19. The highest BCUT2D eigenvalue weighted by molar-refractivity contribution is 5.93. The van der Waals surface area contributed by atoms with Crippen LogP contribution in [0.2, 0.25) is 0 Å². The van der Waals surface area contributed by atoms with Gasteiger partial charge in [0.2, 0.25) is 0 Å². The summed E-state index contributed by atoms with van der Waals surface area (Å²) < 4.78 is 33.9. The molecule has 1 aromatic heterocycles. The lowest BCUT2D eigenvalue weighted by molar-refractivity contribution is 0.599. The van der Waals surface area contributed by atoms with Gasteiger partial charge in [-0.2, -0.15) is 14.9 Å². The van der Waals surface area contributed by atoms with Crippen LogP contribution in [0.15, 0.2) is 96.2 Å². The predicted octanol–water partition coefficient (Wildman–Crippen LogP) is 4.80. The summed E-state index contributed by atoms with van der Waals surface area (Å²) >= 11 is 0. The van der Waals surface area contributed by atoms with Crippen molar-refractivity contribution in [2.45, 2.75) is 6.54 Å². The van der Waals surface area contributed by atoms with E-state index in [-0.39, 0.29) is 18.0 Å². The van der Waals surface area contributed by atoms with Gasteiger partial charge in [0.15, 0.2) is 0 Å². The first-order valence-electron chi connectivity index (χ1n) is 10.6. The summed E-state index contributed by atoms with van der Waals surface area (Å²) in [6.45, 7) is 0.200. The molecule has 0 spiro atoms. The standard InChI is InChI=1S/C26H17F2N5O/c27-21-7-2-4-9-24(21)33-26(34)20-16-31(23-8-3-1-6-19(23)25(20)30-33)15-17-10-11-18(14-22(17)28)32-13-5-12-29-32/h1-14,16H,15H2. The minimum Gasteiger partial charge on any atom is -0.342 e. The number of nitrogens with zero attached hydrogens (tertiary/aromatic N) is 5. The summed E-state index contributed by atoms with van der Waals surface area (Å²) in [6.07, 6.45) is 5.03. The van der Waals surface area contributed by atoms with Crippen LogP contribution in [-0.4, -0.2) is 24.1 Å². The Morgan fingerprint density at radius 2 is 1.71 bits per heavy atom. The van der Waals surface area contributed by atoms with Crippen LogP contribution in [0.25, 0.3) is 33.5 Å². The van der Waals surface area contributed by atoms with Crippen molar-refractivity contribution in [3.05, 3.63) is 119 Å². The molecule has 166 valence electrons. The van der Waals surface area contributed by atoms with Gasteiger partial charge >= 0.3 is 0 Å². The first kappa shape index (κ1) is 20.0. The second-order valence-electron chi connectivity index (χ2n) is 7.93. The van der Waals surface area contributed by atoms with Crippen molar-refractivity contribution in [2.75, 3.05) is 0 Å². The number of fused-ring (bicyclic) bond motifs is 3. The molecule has 6 rings (SSSR count).